The first-order valence-electron chi connectivity index (χ1n) is 8.93. The van der Waals surface area contributed by atoms with E-state index in [4.69, 9.17) is 18.9 Å². The van der Waals surface area contributed by atoms with Crippen LogP contribution in [0, 0.1) is 11.8 Å². The molecule has 11 nitrogen and oxygen atoms in total. The van der Waals surface area contributed by atoms with Gasteiger partial charge >= 0.3 is 5.97 Å². The highest BCUT2D eigenvalue weighted by Gasteiger charge is 2.60. The van der Waals surface area contributed by atoms with Gasteiger partial charge in [-0.1, -0.05) is 0 Å². The van der Waals surface area contributed by atoms with Crippen molar-refractivity contribution in [2.24, 2.45) is 11.8 Å². The highest BCUT2D eigenvalue weighted by atomic mass is 16.8. The van der Waals surface area contributed by atoms with Crippen LogP contribution in [0.2, 0.25) is 0 Å². The fourth-order valence-electron chi connectivity index (χ4n) is 4.10. The summed E-state index contributed by atoms with van der Waals surface area (Å²) in [5, 5.41) is 60.2. The first kappa shape index (κ1) is 21.4. The highest BCUT2D eigenvalue weighted by Crippen LogP contribution is 2.49. The zero-order chi connectivity index (χ0) is 20.8. The molecule has 11 heteroatoms. The summed E-state index contributed by atoms with van der Waals surface area (Å²) < 4.78 is 21.1. The average Bonchev–Trinajstić information content (AvgIpc) is 2.91. The van der Waals surface area contributed by atoms with Crippen LogP contribution in [0.4, 0.5) is 0 Å². The number of aliphatic hydroxyl groups is 6. The summed E-state index contributed by atoms with van der Waals surface area (Å²) in [5.41, 5.74) is -1.57. The van der Waals surface area contributed by atoms with E-state index in [9.17, 15) is 35.4 Å². The van der Waals surface area contributed by atoms with Crippen LogP contribution in [-0.4, -0.2) is 99.0 Å². The Hall–Kier alpha value is -1.31. The molecule has 6 N–H and O–H groups in total. The number of aliphatic hydroxyl groups excluding tert-OH is 5. The smallest absolute Gasteiger partial charge is 0.337 e. The van der Waals surface area contributed by atoms with Crippen LogP contribution in [0.1, 0.15) is 13.3 Å². The van der Waals surface area contributed by atoms with Crippen molar-refractivity contribution in [2.45, 2.75) is 62.0 Å². The van der Waals surface area contributed by atoms with Crippen molar-refractivity contribution < 1.29 is 54.4 Å². The number of rotatable bonds is 4. The lowest BCUT2D eigenvalue weighted by molar-refractivity contribution is -0.347. The average molecular weight is 406 g/mol. The van der Waals surface area contributed by atoms with Crippen molar-refractivity contribution in [3.05, 3.63) is 11.8 Å². The normalized spacial score (nSPS) is 48.4. The van der Waals surface area contributed by atoms with Gasteiger partial charge in [0.2, 0.25) is 6.29 Å². The summed E-state index contributed by atoms with van der Waals surface area (Å²) in [6.07, 6.45) is -8.83. The number of methoxy groups -OCH3 is 1. The van der Waals surface area contributed by atoms with E-state index in [1.807, 2.05) is 0 Å². The predicted molar refractivity (Wildman–Crippen MR) is 88.1 cm³/mol. The molecule has 3 rings (SSSR count). The molecule has 2 fully saturated rings. The van der Waals surface area contributed by atoms with Crippen molar-refractivity contribution in [3.63, 3.8) is 0 Å². The van der Waals surface area contributed by atoms with Crippen LogP contribution in [0.3, 0.4) is 0 Å². The molecule has 0 aromatic carbocycles. The van der Waals surface area contributed by atoms with E-state index < -0.39 is 73.1 Å². The van der Waals surface area contributed by atoms with E-state index in [1.165, 1.54) is 14.0 Å². The summed E-state index contributed by atoms with van der Waals surface area (Å²) in [6, 6.07) is 0. The molecule has 1 aliphatic carbocycles. The third kappa shape index (κ3) is 3.42. The minimum absolute atomic E-state index is 0.0521. The summed E-state index contributed by atoms with van der Waals surface area (Å²) in [7, 11) is 1.19. The van der Waals surface area contributed by atoms with Crippen LogP contribution >= 0.6 is 0 Å². The number of carbonyl (C=O) groups is 1. The van der Waals surface area contributed by atoms with Gasteiger partial charge in [0.15, 0.2) is 6.29 Å². The zero-order valence-electron chi connectivity index (χ0n) is 15.4. The van der Waals surface area contributed by atoms with Crippen molar-refractivity contribution in [2.75, 3.05) is 13.7 Å². The Morgan fingerprint density at radius 2 is 1.89 bits per heavy atom. The van der Waals surface area contributed by atoms with E-state index in [2.05, 4.69) is 0 Å². The van der Waals surface area contributed by atoms with Gasteiger partial charge in [-0.25, -0.2) is 4.79 Å². The third-order valence-electron chi connectivity index (χ3n) is 5.82. The number of hydrogen-bond acceptors (Lipinski definition) is 11. The maximum Gasteiger partial charge on any atom is 0.337 e. The number of fused-ring (bicyclic) bond motifs is 1. The van der Waals surface area contributed by atoms with Crippen LogP contribution in [0.25, 0.3) is 0 Å². The molecule has 0 unspecified atom stereocenters. The van der Waals surface area contributed by atoms with Gasteiger partial charge in [0.05, 0.1) is 43.2 Å². The molecule has 160 valence electrons. The molecule has 0 aromatic heterocycles. The molecule has 0 bridgehead atoms. The fraction of sp³-hybridized carbons (Fsp3) is 0.824. The van der Waals surface area contributed by atoms with E-state index >= 15 is 0 Å². The molecule has 2 aliphatic heterocycles. The molecule has 0 spiro atoms. The monoisotopic (exact) mass is 406 g/mol. The van der Waals surface area contributed by atoms with E-state index in [1.54, 1.807) is 0 Å². The Bertz CT molecular complexity index is 618. The Morgan fingerprint density at radius 1 is 1.21 bits per heavy atom. The van der Waals surface area contributed by atoms with Gasteiger partial charge < -0.3 is 49.6 Å². The summed E-state index contributed by atoms with van der Waals surface area (Å²) in [5.74, 6) is -2.25. The molecular weight excluding hydrogens is 380 g/mol. The molecule has 1 saturated heterocycles. The fourth-order valence-corrected chi connectivity index (χ4v) is 4.10. The summed E-state index contributed by atoms with van der Waals surface area (Å²) in [6.45, 7) is 0.737. The van der Waals surface area contributed by atoms with E-state index in [0.717, 1.165) is 6.26 Å². The number of ether oxygens (including phenoxy) is 4. The van der Waals surface area contributed by atoms with Gasteiger partial charge in [-0.05, 0) is 13.3 Å². The number of carbonyl (C=O) groups excluding carboxylic acids is 1. The molecule has 3 aliphatic rings. The minimum Gasteiger partial charge on any atom is -0.471 e. The Morgan fingerprint density at radius 3 is 2.50 bits per heavy atom. The van der Waals surface area contributed by atoms with Gasteiger partial charge in [-0.2, -0.15) is 0 Å². The first-order valence-corrected chi connectivity index (χ1v) is 8.93. The molecular formula is C17H26O11. The topological polar surface area (TPSA) is 175 Å². The lowest BCUT2D eigenvalue weighted by atomic mass is 9.81. The molecule has 10 atom stereocenters. The standard InChI is InChI=1S/C17H26O11/c1-17(24)9(19)3-6-7(14(23)25-2)5-26-15(10(6)17)28-16-13(22)12(21)11(20)8(4-18)27-16/h5-6,8-13,15-16,18-22,24H,3-4H2,1-2H3/t6-,8-,9+,10-,11-,12+,13-,15+,16+,17+/m1/s1. The Kier molecular flexibility index (Phi) is 5.99. The maximum absolute atomic E-state index is 12.0. The largest absolute Gasteiger partial charge is 0.471 e. The van der Waals surface area contributed by atoms with Crippen LogP contribution in [-0.2, 0) is 23.7 Å². The second-order valence-corrected chi connectivity index (χ2v) is 7.51. The van der Waals surface area contributed by atoms with Crippen LogP contribution in [0.15, 0.2) is 11.8 Å². The second-order valence-electron chi connectivity index (χ2n) is 7.51. The lowest BCUT2D eigenvalue weighted by Gasteiger charge is -2.44. The number of hydrogen-bond donors (Lipinski definition) is 6. The quantitative estimate of drug-likeness (QED) is 0.262. The molecule has 0 amide bonds. The van der Waals surface area contributed by atoms with Crippen molar-refractivity contribution in [3.8, 4) is 0 Å². The van der Waals surface area contributed by atoms with Crippen molar-refractivity contribution >= 4 is 5.97 Å². The second kappa shape index (κ2) is 7.84. The Labute approximate surface area is 160 Å². The first-order chi connectivity index (χ1) is 13.1. The third-order valence-corrected chi connectivity index (χ3v) is 5.82. The Balaban J connectivity index is 1.85. The minimum atomic E-state index is -1.70. The van der Waals surface area contributed by atoms with Gasteiger partial charge in [0.1, 0.15) is 24.4 Å². The van der Waals surface area contributed by atoms with Crippen LogP contribution in [0.5, 0.6) is 0 Å². The zero-order valence-corrected chi connectivity index (χ0v) is 15.4. The SMILES string of the molecule is COC(=O)C1=CO[C@@H](O[C@@H]2O[C@H](CO)[C@@H](O)[C@H](O)[C@H]2O)[C@H]2[C@@H]1C[C@H](O)[C@]2(C)O. The molecule has 28 heavy (non-hydrogen) atoms. The van der Waals surface area contributed by atoms with Crippen molar-refractivity contribution in [1.29, 1.82) is 0 Å². The summed E-state index contributed by atoms with van der Waals surface area (Å²) in [4.78, 5) is 12.0. The van der Waals surface area contributed by atoms with Crippen molar-refractivity contribution in [1.82, 2.24) is 0 Å². The molecule has 1 saturated carbocycles. The van der Waals surface area contributed by atoms with Gasteiger partial charge in [-0.15, -0.1) is 0 Å². The maximum atomic E-state index is 12.0. The molecule has 2 heterocycles. The number of esters is 1. The lowest BCUT2D eigenvalue weighted by Crippen LogP contribution is -2.61. The summed E-state index contributed by atoms with van der Waals surface area (Å²) >= 11 is 0. The van der Waals surface area contributed by atoms with Gasteiger partial charge in [0, 0.05) is 5.92 Å². The van der Waals surface area contributed by atoms with Gasteiger partial charge in [0.25, 0.3) is 0 Å². The highest BCUT2D eigenvalue weighted by molar-refractivity contribution is 5.89. The predicted octanol–water partition coefficient (Wildman–Crippen LogP) is -3.04. The molecule has 0 aromatic rings. The van der Waals surface area contributed by atoms with Gasteiger partial charge in [-0.3, -0.25) is 0 Å². The van der Waals surface area contributed by atoms with Crippen LogP contribution < -0.4 is 0 Å². The van der Waals surface area contributed by atoms with E-state index in [-0.39, 0.29) is 12.0 Å². The van der Waals surface area contributed by atoms with E-state index in [0.29, 0.717) is 0 Å². The molecule has 0 radical (unpaired) electrons.